The summed E-state index contributed by atoms with van der Waals surface area (Å²) in [5, 5.41) is 13.6. The fourth-order valence-corrected chi connectivity index (χ4v) is 3.05. The van der Waals surface area contributed by atoms with Crippen molar-refractivity contribution in [2.45, 2.75) is 66.5 Å². The van der Waals surface area contributed by atoms with Crippen LogP contribution in [0.3, 0.4) is 0 Å². The maximum Gasteiger partial charge on any atom is 0.119 e. The second kappa shape index (κ2) is 7.47. The molecule has 0 saturated carbocycles. The van der Waals surface area contributed by atoms with Crippen LogP contribution in [-0.4, -0.2) is 29.9 Å². The van der Waals surface area contributed by atoms with Gasteiger partial charge in [-0.2, -0.15) is 0 Å². The minimum absolute atomic E-state index is 0.000840. The summed E-state index contributed by atoms with van der Waals surface area (Å²) >= 11 is 0. The third kappa shape index (κ3) is 7.81. The van der Waals surface area contributed by atoms with Gasteiger partial charge in [0.1, 0.15) is 18.5 Å². The molecule has 0 aliphatic rings. The van der Waals surface area contributed by atoms with Gasteiger partial charge in [0.2, 0.25) is 0 Å². The van der Waals surface area contributed by atoms with Crippen LogP contribution in [0.5, 0.6) is 5.75 Å². The zero-order valence-corrected chi connectivity index (χ0v) is 15.3. The van der Waals surface area contributed by atoms with Crippen LogP contribution in [0.2, 0.25) is 0 Å². The first-order valence-electron chi connectivity index (χ1n) is 8.11. The standard InChI is InChI=1S/C19H33NO2/c1-14-8-15(2)10-17(9-14)22-12-16(21)11-20-19(6,7)13-18(3,4)5/h8-10,16,20-21H,11-13H2,1-7H3/t16-/m1/s1. The highest BCUT2D eigenvalue weighted by Gasteiger charge is 2.25. The van der Waals surface area contributed by atoms with E-state index in [0.29, 0.717) is 13.2 Å². The summed E-state index contributed by atoms with van der Waals surface area (Å²) in [6, 6.07) is 6.10. The van der Waals surface area contributed by atoms with Gasteiger partial charge in [0.15, 0.2) is 0 Å². The number of nitrogens with one attached hydrogen (secondary N) is 1. The highest BCUT2D eigenvalue weighted by molar-refractivity contribution is 5.32. The lowest BCUT2D eigenvalue weighted by molar-refractivity contribution is 0.0943. The molecule has 1 atom stereocenters. The molecule has 0 unspecified atom stereocenters. The lowest BCUT2D eigenvalue weighted by Crippen LogP contribution is -2.46. The van der Waals surface area contributed by atoms with E-state index in [0.717, 1.165) is 12.2 Å². The molecule has 126 valence electrons. The van der Waals surface area contributed by atoms with Gasteiger partial charge in [-0.05, 0) is 62.8 Å². The molecule has 0 heterocycles. The van der Waals surface area contributed by atoms with E-state index in [1.54, 1.807) is 0 Å². The van der Waals surface area contributed by atoms with E-state index in [4.69, 9.17) is 4.74 Å². The highest BCUT2D eigenvalue weighted by Crippen LogP contribution is 2.26. The minimum atomic E-state index is -0.514. The molecule has 0 fully saturated rings. The molecule has 0 aliphatic carbocycles. The monoisotopic (exact) mass is 307 g/mol. The minimum Gasteiger partial charge on any atom is -0.491 e. The van der Waals surface area contributed by atoms with Crippen LogP contribution in [0, 0.1) is 19.3 Å². The molecule has 3 nitrogen and oxygen atoms in total. The predicted octanol–water partition coefficient (Wildman–Crippen LogP) is 3.85. The van der Waals surface area contributed by atoms with E-state index in [-0.39, 0.29) is 11.0 Å². The van der Waals surface area contributed by atoms with Crippen LogP contribution in [-0.2, 0) is 0 Å². The molecule has 22 heavy (non-hydrogen) atoms. The molecule has 0 bridgehead atoms. The predicted molar refractivity (Wildman–Crippen MR) is 93.6 cm³/mol. The van der Waals surface area contributed by atoms with Gasteiger partial charge in [0.05, 0.1) is 0 Å². The van der Waals surface area contributed by atoms with Crippen molar-refractivity contribution in [1.29, 1.82) is 0 Å². The summed E-state index contributed by atoms with van der Waals surface area (Å²) in [6.07, 6.45) is 0.532. The lowest BCUT2D eigenvalue weighted by Gasteiger charge is -2.34. The average molecular weight is 307 g/mol. The van der Waals surface area contributed by atoms with Crippen molar-refractivity contribution in [2.24, 2.45) is 5.41 Å². The zero-order valence-electron chi connectivity index (χ0n) is 15.3. The molecule has 0 spiro atoms. The number of aliphatic hydroxyl groups excluding tert-OH is 1. The van der Waals surface area contributed by atoms with Gasteiger partial charge >= 0.3 is 0 Å². The Morgan fingerprint density at radius 2 is 1.59 bits per heavy atom. The number of rotatable bonds is 7. The molecule has 1 aromatic rings. The molecule has 2 N–H and O–H groups in total. The second-order valence-corrected chi connectivity index (χ2v) is 8.29. The lowest BCUT2D eigenvalue weighted by atomic mass is 9.82. The Kier molecular flexibility index (Phi) is 6.45. The molecular formula is C19H33NO2. The average Bonchev–Trinajstić information content (AvgIpc) is 2.30. The largest absolute Gasteiger partial charge is 0.491 e. The maximum absolute atomic E-state index is 10.1. The van der Waals surface area contributed by atoms with Crippen molar-refractivity contribution < 1.29 is 9.84 Å². The Morgan fingerprint density at radius 1 is 1.05 bits per heavy atom. The van der Waals surface area contributed by atoms with Crippen molar-refractivity contribution in [2.75, 3.05) is 13.2 Å². The molecule has 0 saturated heterocycles. The van der Waals surface area contributed by atoms with Gasteiger partial charge in [0.25, 0.3) is 0 Å². The first kappa shape index (κ1) is 19.0. The number of β-amino-alcohol motifs (C(OH)–C–C–N with tert-alkyl or cyclic N) is 1. The Bertz CT molecular complexity index is 455. The van der Waals surface area contributed by atoms with Gasteiger partial charge in [-0.3, -0.25) is 0 Å². The summed E-state index contributed by atoms with van der Waals surface area (Å²) in [6.45, 7) is 16.0. The van der Waals surface area contributed by atoms with Crippen LogP contribution < -0.4 is 10.1 Å². The van der Waals surface area contributed by atoms with Crippen LogP contribution in [0.15, 0.2) is 18.2 Å². The number of hydrogen-bond acceptors (Lipinski definition) is 3. The van der Waals surface area contributed by atoms with Crippen molar-refractivity contribution in [3.8, 4) is 5.75 Å². The Morgan fingerprint density at radius 3 is 2.09 bits per heavy atom. The van der Waals surface area contributed by atoms with E-state index in [9.17, 15) is 5.11 Å². The third-order valence-electron chi connectivity index (χ3n) is 3.43. The first-order valence-corrected chi connectivity index (χ1v) is 8.11. The quantitative estimate of drug-likeness (QED) is 0.804. The van der Waals surface area contributed by atoms with Gasteiger partial charge in [-0.15, -0.1) is 0 Å². The number of ether oxygens (including phenoxy) is 1. The number of aliphatic hydroxyl groups is 1. The van der Waals surface area contributed by atoms with Crippen LogP contribution in [0.1, 0.15) is 52.2 Å². The molecule has 1 aromatic carbocycles. The fourth-order valence-electron chi connectivity index (χ4n) is 3.05. The van der Waals surface area contributed by atoms with Gasteiger partial charge in [0, 0.05) is 12.1 Å². The smallest absolute Gasteiger partial charge is 0.119 e. The van der Waals surface area contributed by atoms with Crippen LogP contribution in [0.4, 0.5) is 0 Å². The summed E-state index contributed by atoms with van der Waals surface area (Å²) in [5.74, 6) is 0.825. The van der Waals surface area contributed by atoms with E-state index in [2.05, 4.69) is 46.0 Å². The van der Waals surface area contributed by atoms with Gasteiger partial charge < -0.3 is 15.2 Å². The van der Waals surface area contributed by atoms with E-state index in [1.807, 2.05) is 26.0 Å². The Balaban J connectivity index is 2.41. The highest BCUT2D eigenvalue weighted by atomic mass is 16.5. The summed E-state index contributed by atoms with van der Waals surface area (Å²) in [7, 11) is 0. The van der Waals surface area contributed by atoms with Gasteiger partial charge in [-0.1, -0.05) is 26.8 Å². The third-order valence-corrected chi connectivity index (χ3v) is 3.43. The Hall–Kier alpha value is -1.06. The number of hydrogen-bond donors (Lipinski definition) is 2. The van der Waals surface area contributed by atoms with Crippen LogP contribution >= 0.6 is 0 Å². The van der Waals surface area contributed by atoms with E-state index < -0.39 is 6.10 Å². The maximum atomic E-state index is 10.1. The topological polar surface area (TPSA) is 41.5 Å². The first-order chi connectivity index (χ1) is 9.97. The van der Waals surface area contributed by atoms with Crippen LogP contribution in [0.25, 0.3) is 0 Å². The van der Waals surface area contributed by atoms with E-state index >= 15 is 0 Å². The van der Waals surface area contributed by atoms with Crippen molar-refractivity contribution in [3.05, 3.63) is 29.3 Å². The Labute approximate surface area is 136 Å². The van der Waals surface area contributed by atoms with Gasteiger partial charge in [-0.25, -0.2) is 0 Å². The van der Waals surface area contributed by atoms with Crippen molar-refractivity contribution in [1.82, 2.24) is 5.32 Å². The normalized spacial score (nSPS) is 14.0. The molecule has 3 heteroatoms. The second-order valence-electron chi connectivity index (χ2n) is 8.29. The number of aryl methyl sites for hydroxylation is 2. The molecule has 0 aliphatic heterocycles. The summed E-state index contributed by atoms with van der Waals surface area (Å²) < 4.78 is 5.71. The SMILES string of the molecule is Cc1cc(C)cc(OC[C@H](O)CNC(C)(C)CC(C)(C)C)c1. The number of benzene rings is 1. The molecule has 0 radical (unpaired) electrons. The fraction of sp³-hybridized carbons (Fsp3) is 0.684. The zero-order chi connectivity index (χ0) is 17.0. The molecule has 0 aromatic heterocycles. The summed E-state index contributed by atoms with van der Waals surface area (Å²) in [4.78, 5) is 0. The molecular weight excluding hydrogens is 274 g/mol. The van der Waals surface area contributed by atoms with Crippen molar-refractivity contribution >= 4 is 0 Å². The van der Waals surface area contributed by atoms with Crippen molar-refractivity contribution in [3.63, 3.8) is 0 Å². The summed E-state index contributed by atoms with van der Waals surface area (Å²) in [5.41, 5.74) is 2.61. The molecule has 0 amide bonds. The molecule has 1 rings (SSSR count). The van der Waals surface area contributed by atoms with E-state index in [1.165, 1.54) is 11.1 Å².